The Labute approximate surface area is 144 Å². The maximum absolute atomic E-state index is 12.8. The smallest absolute Gasteiger partial charge is 0.241 e. The van der Waals surface area contributed by atoms with Crippen LogP contribution in [-0.4, -0.2) is 25.5 Å². The molecular weight excluding hydrogens is 334 g/mol. The van der Waals surface area contributed by atoms with Gasteiger partial charge >= 0.3 is 0 Å². The van der Waals surface area contributed by atoms with Crippen molar-refractivity contribution >= 4 is 33.3 Å². The number of benzene rings is 1. The number of rotatable bonds is 6. The predicted octanol–water partition coefficient (Wildman–Crippen LogP) is 2.70. The maximum atomic E-state index is 12.8. The van der Waals surface area contributed by atoms with Crippen LogP contribution in [0.3, 0.4) is 0 Å². The van der Waals surface area contributed by atoms with E-state index >= 15 is 0 Å². The Hall–Kier alpha value is -1.21. The van der Waals surface area contributed by atoms with Crippen LogP contribution < -0.4 is 10.5 Å². The average molecular weight is 358 g/mol. The third kappa shape index (κ3) is 4.64. The number of nitrogens with one attached hydrogen (secondary N) is 1. The number of halogens is 1. The first kappa shape index (κ1) is 19.8. The van der Waals surface area contributed by atoms with E-state index < -0.39 is 15.6 Å². The van der Waals surface area contributed by atoms with Crippen molar-refractivity contribution in [2.75, 3.05) is 6.54 Å². The van der Waals surface area contributed by atoms with Crippen molar-refractivity contribution < 1.29 is 8.42 Å². The van der Waals surface area contributed by atoms with Gasteiger partial charge in [-0.3, -0.25) is 4.98 Å². The van der Waals surface area contributed by atoms with Crippen LogP contribution in [0.2, 0.25) is 0 Å². The zero-order chi connectivity index (χ0) is 16.4. The number of hydrogen-bond acceptors (Lipinski definition) is 4. The highest BCUT2D eigenvalue weighted by Crippen LogP contribution is 2.24. The minimum Gasteiger partial charge on any atom is -0.329 e. The second-order valence-corrected chi connectivity index (χ2v) is 7.95. The van der Waals surface area contributed by atoms with E-state index in [1.807, 2.05) is 20.8 Å². The Morgan fingerprint density at radius 3 is 2.57 bits per heavy atom. The van der Waals surface area contributed by atoms with Gasteiger partial charge in [-0.15, -0.1) is 12.4 Å². The Morgan fingerprint density at radius 2 is 1.96 bits per heavy atom. The van der Waals surface area contributed by atoms with Gasteiger partial charge in [-0.05, 0) is 43.5 Å². The van der Waals surface area contributed by atoms with Crippen LogP contribution in [0.4, 0.5) is 0 Å². The molecule has 23 heavy (non-hydrogen) atoms. The van der Waals surface area contributed by atoms with Crippen molar-refractivity contribution in [2.45, 2.75) is 37.6 Å². The molecular formula is C16H24ClN3O2S. The van der Waals surface area contributed by atoms with Crippen molar-refractivity contribution in [3.63, 3.8) is 0 Å². The molecule has 3 N–H and O–H groups in total. The van der Waals surface area contributed by atoms with Gasteiger partial charge in [0.1, 0.15) is 0 Å². The molecule has 5 nitrogen and oxygen atoms in total. The second-order valence-electron chi connectivity index (χ2n) is 6.29. The van der Waals surface area contributed by atoms with E-state index in [2.05, 4.69) is 9.71 Å². The van der Waals surface area contributed by atoms with Crippen molar-refractivity contribution in [3.8, 4) is 0 Å². The van der Waals surface area contributed by atoms with Gasteiger partial charge in [-0.25, -0.2) is 13.1 Å². The molecule has 1 aromatic heterocycles. The molecule has 1 atom stereocenters. The lowest BCUT2D eigenvalue weighted by molar-refractivity contribution is 0.344. The summed E-state index contributed by atoms with van der Waals surface area (Å²) in [6.45, 7) is 6.18. The van der Waals surface area contributed by atoms with Crippen LogP contribution in [-0.2, 0) is 10.0 Å². The van der Waals surface area contributed by atoms with Crippen LogP contribution in [0.1, 0.15) is 27.2 Å². The SMILES string of the molecule is CC(C)CC(C)(CN)NS(=O)(=O)c1cccc2ncccc12.Cl. The normalized spacial score (nSPS) is 14.5. The average Bonchev–Trinajstić information content (AvgIpc) is 2.45. The van der Waals surface area contributed by atoms with Gasteiger partial charge in [-0.2, -0.15) is 0 Å². The molecule has 0 saturated carbocycles. The third-order valence-electron chi connectivity index (χ3n) is 3.59. The van der Waals surface area contributed by atoms with Gasteiger partial charge in [0.05, 0.1) is 10.4 Å². The molecule has 0 radical (unpaired) electrons. The Bertz CT molecular complexity index is 760. The molecule has 0 aliphatic carbocycles. The lowest BCUT2D eigenvalue weighted by Crippen LogP contribution is -2.52. The number of fused-ring (bicyclic) bond motifs is 1. The van der Waals surface area contributed by atoms with E-state index in [0.717, 1.165) is 0 Å². The first-order valence-electron chi connectivity index (χ1n) is 7.35. The zero-order valence-corrected chi connectivity index (χ0v) is 15.2. The Balaban J connectivity index is 0.00000264. The standard InChI is InChI=1S/C16H23N3O2S.ClH/c1-12(2)10-16(3,11-17)19-22(20,21)15-8-4-7-14-13(15)6-5-9-18-14;/h4-9,12,19H,10-11,17H2,1-3H3;1H. The van der Waals surface area contributed by atoms with Crippen molar-refractivity contribution in [1.29, 1.82) is 0 Å². The molecule has 128 valence electrons. The van der Waals surface area contributed by atoms with Crippen LogP contribution in [0.15, 0.2) is 41.4 Å². The highest BCUT2D eigenvalue weighted by atomic mass is 35.5. The number of nitrogens with two attached hydrogens (primary N) is 1. The molecule has 1 unspecified atom stereocenters. The van der Waals surface area contributed by atoms with Gasteiger partial charge in [-0.1, -0.05) is 19.9 Å². The molecule has 0 spiro atoms. The summed E-state index contributed by atoms with van der Waals surface area (Å²) in [5.41, 5.74) is 5.80. The summed E-state index contributed by atoms with van der Waals surface area (Å²) >= 11 is 0. The molecule has 0 amide bonds. The molecule has 1 heterocycles. The summed E-state index contributed by atoms with van der Waals surface area (Å²) < 4.78 is 28.4. The number of pyridine rings is 1. The molecule has 2 rings (SSSR count). The summed E-state index contributed by atoms with van der Waals surface area (Å²) in [5.74, 6) is 0.338. The van der Waals surface area contributed by atoms with Crippen LogP contribution in [0, 0.1) is 5.92 Å². The molecule has 0 fully saturated rings. The minimum absolute atomic E-state index is 0. The second kappa shape index (κ2) is 7.57. The summed E-state index contributed by atoms with van der Waals surface area (Å²) in [5, 5.41) is 0.612. The molecule has 2 aromatic rings. The first-order chi connectivity index (χ1) is 10.3. The van der Waals surface area contributed by atoms with Gasteiger partial charge in [0.2, 0.25) is 10.0 Å². The fourth-order valence-electron chi connectivity index (χ4n) is 2.76. The summed E-state index contributed by atoms with van der Waals surface area (Å²) in [4.78, 5) is 4.44. The minimum atomic E-state index is -3.67. The maximum Gasteiger partial charge on any atom is 0.241 e. The van der Waals surface area contributed by atoms with Gasteiger partial charge < -0.3 is 5.73 Å². The molecule has 0 aliphatic heterocycles. The summed E-state index contributed by atoms with van der Waals surface area (Å²) in [6.07, 6.45) is 2.32. The topological polar surface area (TPSA) is 85.1 Å². The van der Waals surface area contributed by atoms with Crippen LogP contribution >= 0.6 is 12.4 Å². The molecule has 1 aromatic carbocycles. The predicted molar refractivity (Wildman–Crippen MR) is 96.2 cm³/mol. The van der Waals surface area contributed by atoms with Gasteiger partial charge in [0.15, 0.2) is 0 Å². The number of sulfonamides is 1. The zero-order valence-electron chi connectivity index (χ0n) is 13.6. The number of hydrogen-bond donors (Lipinski definition) is 2. The molecule has 0 aliphatic rings. The van der Waals surface area contributed by atoms with E-state index in [9.17, 15) is 8.42 Å². The van der Waals surface area contributed by atoms with Crippen molar-refractivity contribution in [3.05, 3.63) is 36.5 Å². The fourth-order valence-corrected chi connectivity index (χ4v) is 4.40. The first-order valence-corrected chi connectivity index (χ1v) is 8.83. The van der Waals surface area contributed by atoms with E-state index in [0.29, 0.717) is 23.2 Å². The van der Waals surface area contributed by atoms with Gasteiger partial charge in [0.25, 0.3) is 0 Å². The van der Waals surface area contributed by atoms with E-state index in [4.69, 9.17) is 5.73 Å². The van der Waals surface area contributed by atoms with Gasteiger partial charge in [0, 0.05) is 23.7 Å². The van der Waals surface area contributed by atoms with Crippen molar-refractivity contribution in [2.24, 2.45) is 11.7 Å². The Kier molecular flexibility index (Phi) is 6.53. The van der Waals surface area contributed by atoms with E-state index in [1.54, 1.807) is 36.5 Å². The highest BCUT2D eigenvalue weighted by Gasteiger charge is 2.31. The number of aromatic nitrogens is 1. The molecule has 0 saturated heterocycles. The lowest BCUT2D eigenvalue weighted by Gasteiger charge is -2.31. The third-order valence-corrected chi connectivity index (χ3v) is 5.28. The molecule has 0 bridgehead atoms. The number of nitrogens with zero attached hydrogens (tertiary/aromatic N) is 1. The van der Waals surface area contributed by atoms with E-state index in [-0.39, 0.29) is 23.8 Å². The fraction of sp³-hybridized carbons (Fsp3) is 0.438. The summed E-state index contributed by atoms with van der Waals surface area (Å²) in [6, 6.07) is 8.59. The Morgan fingerprint density at radius 1 is 1.26 bits per heavy atom. The van der Waals surface area contributed by atoms with Crippen LogP contribution in [0.25, 0.3) is 10.9 Å². The van der Waals surface area contributed by atoms with Crippen molar-refractivity contribution in [1.82, 2.24) is 9.71 Å². The largest absolute Gasteiger partial charge is 0.329 e. The summed E-state index contributed by atoms with van der Waals surface area (Å²) in [7, 11) is -3.67. The van der Waals surface area contributed by atoms with E-state index in [1.165, 1.54) is 0 Å². The molecule has 7 heteroatoms. The lowest BCUT2D eigenvalue weighted by atomic mass is 9.92. The monoisotopic (exact) mass is 357 g/mol. The highest BCUT2D eigenvalue weighted by molar-refractivity contribution is 7.89. The van der Waals surface area contributed by atoms with Crippen LogP contribution in [0.5, 0.6) is 0 Å². The quantitative estimate of drug-likeness (QED) is 0.832.